The summed E-state index contributed by atoms with van der Waals surface area (Å²) in [6.45, 7) is 12.5. The lowest BCUT2D eigenvalue weighted by Gasteiger charge is -2.57. The third kappa shape index (κ3) is 1.85. The van der Waals surface area contributed by atoms with Crippen molar-refractivity contribution >= 4 is 0 Å². The third-order valence-corrected chi connectivity index (χ3v) is 4.35. The van der Waals surface area contributed by atoms with Crippen LogP contribution in [0.15, 0.2) is 0 Å². The van der Waals surface area contributed by atoms with Crippen molar-refractivity contribution in [2.75, 3.05) is 0 Å². The Morgan fingerprint density at radius 2 is 1.21 bits per heavy atom. The number of hydrogen-bond acceptors (Lipinski definition) is 0. The fraction of sp³-hybridized carbons (Fsp3) is 1.00. The lowest BCUT2D eigenvalue weighted by Crippen LogP contribution is -2.46. The summed E-state index contributed by atoms with van der Waals surface area (Å²) in [6, 6.07) is 0. The van der Waals surface area contributed by atoms with Crippen LogP contribution in [0, 0.1) is 22.2 Å². The highest BCUT2D eigenvalue weighted by molar-refractivity contribution is 5.01. The predicted octanol–water partition coefficient (Wildman–Crippen LogP) is 4.64. The van der Waals surface area contributed by atoms with E-state index in [1.54, 1.807) is 0 Å². The van der Waals surface area contributed by atoms with Gasteiger partial charge in [-0.25, -0.2) is 0 Å². The molecule has 0 spiro atoms. The lowest BCUT2D eigenvalue weighted by molar-refractivity contribution is -0.0629. The molecule has 0 aromatic rings. The smallest absolute Gasteiger partial charge is 0.0313 e. The normalized spacial score (nSPS) is 51.6. The van der Waals surface area contributed by atoms with E-state index in [1.165, 1.54) is 32.1 Å². The van der Waals surface area contributed by atoms with Crippen molar-refractivity contribution < 1.29 is 0 Å². The molecule has 0 heterocycles. The van der Waals surface area contributed by atoms with E-state index in [0.717, 1.165) is 5.92 Å². The van der Waals surface area contributed by atoms with E-state index in [9.17, 15) is 0 Å². The zero-order chi connectivity index (χ0) is 10.6. The monoisotopic (exact) mass is 194 g/mol. The topological polar surface area (TPSA) is 0 Å². The maximum Gasteiger partial charge on any atom is -0.0313 e. The molecule has 0 aromatic heterocycles. The van der Waals surface area contributed by atoms with Crippen molar-refractivity contribution in [2.24, 2.45) is 22.2 Å². The Bertz CT molecular complexity index is 210. The molecule has 2 bridgehead atoms. The molecule has 0 nitrogen and oxygen atoms in total. The van der Waals surface area contributed by atoms with Crippen LogP contribution in [0.25, 0.3) is 0 Å². The first-order valence-corrected chi connectivity index (χ1v) is 6.22. The van der Waals surface area contributed by atoms with Gasteiger partial charge in [-0.3, -0.25) is 0 Å². The van der Waals surface area contributed by atoms with Crippen molar-refractivity contribution in [3.63, 3.8) is 0 Å². The molecule has 2 aliphatic carbocycles. The molecule has 0 N–H and O–H groups in total. The van der Waals surface area contributed by atoms with Gasteiger partial charge in [-0.1, -0.05) is 34.6 Å². The summed E-state index contributed by atoms with van der Waals surface area (Å²) in [6.07, 6.45) is 7.30. The van der Waals surface area contributed by atoms with Gasteiger partial charge >= 0.3 is 0 Å². The van der Waals surface area contributed by atoms with Crippen LogP contribution in [0.1, 0.15) is 66.7 Å². The predicted molar refractivity (Wildman–Crippen MR) is 62.2 cm³/mol. The van der Waals surface area contributed by atoms with Gasteiger partial charge in [0.05, 0.1) is 0 Å². The van der Waals surface area contributed by atoms with Crippen molar-refractivity contribution in [2.45, 2.75) is 66.7 Å². The van der Waals surface area contributed by atoms with Crippen LogP contribution in [0.2, 0.25) is 0 Å². The van der Waals surface area contributed by atoms with Crippen LogP contribution in [0.3, 0.4) is 0 Å². The molecule has 0 saturated heterocycles. The molecule has 2 atom stereocenters. The van der Waals surface area contributed by atoms with Gasteiger partial charge < -0.3 is 0 Å². The highest BCUT2D eigenvalue weighted by Gasteiger charge is 2.50. The summed E-state index contributed by atoms with van der Waals surface area (Å²) in [5.74, 6) is 0.954. The van der Waals surface area contributed by atoms with Crippen LogP contribution in [-0.4, -0.2) is 0 Å². The Hall–Kier alpha value is 0. The van der Waals surface area contributed by atoms with Gasteiger partial charge in [-0.05, 0) is 54.3 Å². The van der Waals surface area contributed by atoms with Crippen molar-refractivity contribution in [1.82, 2.24) is 0 Å². The minimum Gasteiger partial charge on any atom is -0.0625 e. The molecule has 0 heteroatoms. The molecule has 82 valence electrons. The SMILES string of the molecule is CC1CC2(C)CC(C)(C)CC(C)(C1)C2. The largest absolute Gasteiger partial charge is 0.0625 e. The fourth-order valence-electron chi connectivity index (χ4n) is 5.57. The molecule has 2 fully saturated rings. The standard InChI is InChI=1S/C14H26/c1-11-6-13(4)8-12(2,3)9-14(5,7-11)10-13/h11H,6-10H2,1-5H3. The molecule has 0 aliphatic heterocycles. The maximum atomic E-state index is 2.53. The molecule has 0 aromatic carbocycles. The molecule has 0 radical (unpaired) electrons. The van der Waals surface area contributed by atoms with E-state index in [-0.39, 0.29) is 0 Å². The molecule has 14 heavy (non-hydrogen) atoms. The van der Waals surface area contributed by atoms with E-state index in [2.05, 4.69) is 34.6 Å². The first kappa shape index (κ1) is 10.5. The third-order valence-electron chi connectivity index (χ3n) is 4.35. The summed E-state index contributed by atoms with van der Waals surface area (Å²) < 4.78 is 0. The van der Waals surface area contributed by atoms with Crippen LogP contribution >= 0.6 is 0 Å². The molecule has 2 aliphatic rings. The molecular weight excluding hydrogens is 168 g/mol. The number of rotatable bonds is 0. The Balaban J connectivity index is 2.28. The minimum atomic E-state index is 0.585. The molecule has 0 amide bonds. The summed E-state index contributed by atoms with van der Waals surface area (Å²) >= 11 is 0. The summed E-state index contributed by atoms with van der Waals surface area (Å²) in [7, 11) is 0. The summed E-state index contributed by atoms with van der Waals surface area (Å²) in [4.78, 5) is 0. The molecule has 2 unspecified atom stereocenters. The Labute approximate surface area is 89.5 Å². The average molecular weight is 194 g/mol. The summed E-state index contributed by atoms with van der Waals surface area (Å²) in [5.41, 5.74) is 1.88. The Morgan fingerprint density at radius 1 is 0.786 bits per heavy atom. The van der Waals surface area contributed by atoms with Gasteiger partial charge in [0.2, 0.25) is 0 Å². The fourth-order valence-corrected chi connectivity index (χ4v) is 5.57. The lowest BCUT2D eigenvalue weighted by atomic mass is 9.48. The number of hydrogen-bond donors (Lipinski definition) is 0. The van der Waals surface area contributed by atoms with Crippen molar-refractivity contribution in [3.05, 3.63) is 0 Å². The molecule has 2 rings (SSSR count). The second-order valence-electron chi connectivity index (χ2n) is 7.83. The Kier molecular flexibility index (Phi) is 2.08. The van der Waals surface area contributed by atoms with E-state index in [0.29, 0.717) is 16.2 Å². The van der Waals surface area contributed by atoms with Gasteiger partial charge in [0, 0.05) is 0 Å². The number of fused-ring (bicyclic) bond motifs is 2. The van der Waals surface area contributed by atoms with E-state index in [4.69, 9.17) is 0 Å². The van der Waals surface area contributed by atoms with E-state index < -0.39 is 0 Å². The maximum absolute atomic E-state index is 2.53. The zero-order valence-corrected chi connectivity index (χ0v) is 10.6. The highest BCUT2D eigenvalue weighted by atomic mass is 14.6. The minimum absolute atomic E-state index is 0.585. The second kappa shape index (κ2) is 2.77. The molecule has 2 saturated carbocycles. The average Bonchev–Trinajstić information content (AvgIpc) is 1.71. The van der Waals surface area contributed by atoms with E-state index >= 15 is 0 Å². The van der Waals surface area contributed by atoms with Gasteiger partial charge in [0.15, 0.2) is 0 Å². The van der Waals surface area contributed by atoms with E-state index in [1.807, 2.05) is 0 Å². The van der Waals surface area contributed by atoms with Gasteiger partial charge in [-0.2, -0.15) is 0 Å². The first-order valence-electron chi connectivity index (χ1n) is 6.22. The zero-order valence-electron chi connectivity index (χ0n) is 10.6. The summed E-state index contributed by atoms with van der Waals surface area (Å²) in [5, 5.41) is 0. The van der Waals surface area contributed by atoms with Crippen LogP contribution in [0.4, 0.5) is 0 Å². The Morgan fingerprint density at radius 3 is 1.64 bits per heavy atom. The van der Waals surface area contributed by atoms with Crippen molar-refractivity contribution in [3.8, 4) is 0 Å². The quantitative estimate of drug-likeness (QED) is 0.527. The van der Waals surface area contributed by atoms with Gasteiger partial charge in [0.25, 0.3) is 0 Å². The van der Waals surface area contributed by atoms with Gasteiger partial charge in [0.1, 0.15) is 0 Å². The van der Waals surface area contributed by atoms with Gasteiger partial charge in [-0.15, -0.1) is 0 Å². The highest BCUT2D eigenvalue weighted by Crippen LogP contribution is 2.61. The van der Waals surface area contributed by atoms with Crippen LogP contribution in [-0.2, 0) is 0 Å². The second-order valence-corrected chi connectivity index (χ2v) is 7.83. The van der Waals surface area contributed by atoms with Crippen LogP contribution < -0.4 is 0 Å². The van der Waals surface area contributed by atoms with Crippen LogP contribution in [0.5, 0.6) is 0 Å². The first-order chi connectivity index (χ1) is 6.22. The van der Waals surface area contributed by atoms with Crippen molar-refractivity contribution in [1.29, 1.82) is 0 Å². The molecular formula is C14H26.